The molecule has 1 saturated carbocycles. The zero-order valence-electron chi connectivity index (χ0n) is 13.3. The first-order chi connectivity index (χ1) is 11.1. The summed E-state index contributed by atoms with van der Waals surface area (Å²) in [5.74, 6) is 0.406. The van der Waals surface area contributed by atoms with Gasteiger partial charge in [0.15, 0.2) is 0 Å². The van der Waals surface area contributed by atoms with E-state index in [9.17, 15) is 14.3 Å². The molecule has 1 aromatic carbocycles. The number of rotatable bonds is 3. The molecule has 1 aliphatic carbocycles. The molecule has 126 valence electrons. The molecule has 2 fully saturated rings. The van der Waals surface area contributed by atoms with Gasteiger partial charge in [0.25, 0.3) is 0 Å². The van der Waals surface area contributed by atoms with E-state index in [0.717, 1.165) is 29.9 Å². The Morgan fingerprint density at radius 1 is 1.52 bits per heavy atom. The first kappa shape index (κ1) is 16.6. The van der Waals surface area contributed by atoms with E-state index in [0.29, 0.717) is 19.4 Å². The fraction of sp³-hybridized carbons (Fsp3) is 0.588. The average Bonchev–Trinajstić information content (AvgIpc) is 2.49. The van der Waals surface area contributed by atoms with Gasteiger partial charge in [0.05, 0.1) is 11.8 Å². The van der Waals surface area contributed by atoms with Gasteiger partial charge in [0.2, 0.25) is 0 Å². The molecule has 1 unspecified atom stereocenters. The van der Waals surface area contributed by atoms with Crippen molar-refractivity contribution in [2.24, 2.45) is 0 Å². The number of para-hydroxylation sites is 1. The van der Waals surface area contributed by atoms with Gasteiger partial charge in [0, 0.05) is 17.0 Å². The fourth-order valence-electron chi connectivity index (χ4n) is 3.62. The quantitative estimate of drug-likeness (QED) is 0.823. The van der Waals surface area contributed by atoms with Crippen molar-refractivity contribution in [3.63, 3.8) is 0 Å². The number of amides is 2. The smallest absolute Gasteiger partial charge is 0.322 e. The lowest BCUT2D eigenvalue weighted by Gasteiger charge is -2.54. The normalized spacial score (nSPS) is 22.7. The zero-order chi connectivity index (χ0) is 16.4. The van der Waals surface area contributed by atoms with Gasteiger partial charge in [-0.05, 0) is 50.0 Å². The highest BCUT2D eigenvalue weighted by molar-refractivity contribution is 7.99. The zero-order valence-corrected chi connectivity index (χ0v) is 14.2. The van der Waals surface area contributed by atoms with Gasteiger partial charge in [-0.15, -0.1) is 11.8 Å². The van der Waals surface area contributed by atoms with Crippen molar-refractivity contribution in [2.75, 3.05) is 17.6 Å². The van der Waals surface area contributed by atoms with Crippen molar-refractivity contribution in [1.82, 2.24) is 4.90 Å². The van der Waals surface area contributed by atoms with E-state index in [1.165, 1.54) is 17.8 Å². The van der Waals surface area contributed by atoms with Crippen LogP contribution < -0.4 is 5.32 Å². The highest BCUT2D eigenvalue weighted by Crippen LogP contribution is 2.44. The summed E-state index contributed by atoms with van der Waals surface area (Å²) < 4.78 is 14.2. The molecule has 0 radical (unpaired) electrons. The Balaban J connectivity index is 1.79. The number of carbonyl (C=O) groups is 1. The van der Waals surface area contributed by atoms with Crippen molar-refractivity contribution in [2.45, 2.75) is 55.6 Å². The summed E-state index contributed by atoms with van der Waals surface area (Å²) in [5.41, 5.74) is 0.0374. The number of carbonyl (C=O) groups excluding carboxylic acids is 1. The van der Waals surface area contributed by atoms with E-state index in [2.05, 4.69) is 5.32 Å². The van der Waals surface area contributed by atoms with Crippen molar-refractivity contribution in [1.29, 1.82) is 0 Å². The molecule has 3 rings (SSSR count). The van der Waals surface area contributed by atoms with Gasteiger partial charge >= 0.3 is 6.03 Å². The van der Waals surface area contributed by atoms with E-state index in [-0.39, 0.29) is 23.4 Å². The van der Waals surface area contributed by atoms with Crippen LogP contribution in [0, 0.1) is 5.82 Å². The maximum atomic E-state index is 14.2. The summed E-state index contributed by atoms with van der Waals surface area (Å²) in [6, 6.07) is 4.60. The van der Waals surface area contributed by atoms with E-state index >= 15 is 0 Å². The minimum absolute atomic E-state index is 0.231. The lowest BCUT2D eigenvalue weighted by atomic mass is 9.69. The number of urea groups is 1. The molecule has 1 heterocycles. The molecule has 1 aromatic rings. The maximum absolute atomic E-state index is 14.2. The van der Waals surface area contributed by atoms with Crippen LogP contribution in [0.1, 0.15) is 39.0 Å². The third kappa shape index (κ3) is 3.19. The number of halogens is 1. The van der Waals surface area contributed by atoms with Crippen molar-refractivity contribution < 1.29 is 14.3 Å². The molecule has 0 aromatic heterocycles. The van der Waals surface area contributed by atoms with E-state index in [1.54, 1.807) is 6.07 Å². The lowest BCUT2D eigenvalue weighted by Crippen LogP contribution is -2.62. The number of hydrogen-bond donors (Lipinski definition) is 2. The summed E-state index contributed by atoms with van der Waals surface area (Å²) in [7, 11) is 0. The van der Waals surface area contributed by atoms with Gasteiger partial charge in [-0.25, -0.2) is 9.18 Å². The second-order valence-corrected chi connectivity index (χ2v) is 7.66. The Hall–Kier alpha value is -1.27. The average molecular weight is 338 g/mol. The number of hydrogen-bond acceptors (Lipinski definition) is 3. The Bertz CT molecular complexity index is 592. The van der Waals surface area contributed by atoms with Crippen molar-refractivity contribution in [3.8, 4) is 0 Å². The van der Waals surface area contributed by atoms with Crippen LogP contribution >= 0.6 is 11.8 Å². The summed E-state index contributed by atoms with van der Waals surface area (Å²) in [6.45, 7) is 2.52. The molecule has 1 saturated heterocycles. The van der Waals surface area contributed by atoms with Gasteiger partial charge < -0.3 is 15.3 Å². The highest BCUT2D eigenvalue weighted by Gasteiger charge is 2.48. The first-order valence-corrected chi connectivity index (χ1v) is 9.22. The largest absolute Gasteiger partial charge is 0.393 e. The number of nitrogens with one attached hydrogen (secondary N) is 1. The molecule has 2 aliphatic rings. The molecule has 6 heteroatoms. The van der Waals surface area contributed by atoms with Crippen LogP contribution in [0.5, 0.6) is 0 Å². The highest BCUT2D eigenvalue weighted by atomic mass is 32.2. The molecule has 23 heavy (non-hydrogen) atoms. The summed E-state index contributed by atoms with van der Waals surface area (Å²) in [6.07, 6.45) is 3.81. The maximum Gasteiger partial charge on any atom is 0.322 e. The second-order valence-electron chi connectivity index (χ2n) is 6.35. The molecular weight excluding hydrogens is 315 g/mol. The van der Waals surface area contributed by atoms with E-state index in [4.69, 9.17) is 0 Å². The molecular formula is C17H23FN2O2S. The van der Waals surface area contributed by atoms with Crippen LogP contribution in [0.2, 0.25) is 0 Å². The fourth-order valence-corrected chi connectivity index (χ4v) is 4.40. The second kappa shape index (κ2) is 6.69. The molecule has 1 atom stereocenters. The third-order valence-electron chi connectivity index (χ3n) is 4.91. The van der Waals surface area contributed by atoms with Crippen molar-refractivity contribution in [3.05, 3.63) is 24.0 Å². The summed E-state index contributed by atoms with van der Waals surface area (Å²) >= 11 is 1.51. The van der Waals surface area contributed by atoms with Crippen LogP contribution in [0.25, 0.3) is 0 Å². The van der Waals surface area contributed by atoms with Crippen LogP contribution in [-0.4, -0.2) is 40.0 Å². The topological polar surface area (TPSA) is 52.6 Å². The Labute approximate surface area is 140 Å². The third-order valence-corrected chi connectivity index (χ3v) is 5.85. The van der Waals surface area contributed by atoms with Gasteiger partial charge in [-0.3, -0.25) is 0 Å². The van der Waals surface area contributed by atoms with Gasteiger partial charge in [0.1, 0.15) is 5.82 Å². The Morgan fingerprint density at radius 3 is 2.96 bits per heavy atom. The predicted octanol–water partition coefficient (Wildman–Crippen LogP) is 3.85. The Morgan fingerprint density at radius 2 is 2.30 bits per heavy atom. The molecule has 1 aliphatic heterocycles. The summed E-state index contributed by atoms with van der Waals surface area (Å²) in [4.78, 5) is 15.3. The number of benzene rings is 1. The molecule has 0 bridgehead atoms. The van der Waals surface area contributed by atoms with Crippen LogP contribution in [0.4, 0.5) is 14.9 Å². The number of anilines is 1. The number of aliphatic hydroxyl groups is 1. The van der Waals surface area contributed by atoms with Gasteiger partial charge in [-0.2, -0.15) is 0 Å². The molecule has 2 N–H and O–H groups in total. The molecule has 2 amide bonds. The standard InChI is InChI=1S/C17H23FN2O2S/c1-2-23-14-6-3-5-13(18)15(14)19-16(22)20-10-7-12(21)11-17(20)8-4-9-17/h3,5-6,12,21H,2,4,7-11H2,1H3,(H,19,22). The van der Waals surface area contributed by atoms with Crippen LogP contribution in [0.15, 0.2) is 23.1 Å². The molecule has 4 nitrogen and oxygen atoms in total. The summed E-state index contributed by atoms with van der Waals surface area (Å²) in [5, 5.41) is 12.7. The Kier molecular flexibility index (Phi) is 4.82. The minimum Gasteiger partial charge on any atom is -0.393 e. The van der Waals surface area contributed by atoms with Crippen LogP contribution in [-0.2, 0) is 0 Å². The van der Waals surface area contributed by atoms with E-state index in [1.807, 2.05) is 17.9 Å². The number of thioether (sulfide) groups is 1. The number of likely N-dealkylation sites (tertiary alicyclic amines) is 1. The number of aliphatic hydroxyl groups excluding tert-OH is 1. The predicted molar refractivity (Wildman–Crippen MR) is 90.3 cm³/mol. The van der Waals surface area contributed by atoms with Crippen LogP contribution in [0.3, 0.4) is 0 Å². The minimum atomic E-state index is -0.406. The number of piperidine rings is 1. The number of nitrogens with zero attached hydrogens (tertiary/aromatic N) is 1. The monoisotopic (exact) mass is 338 g/mol. The SMILES string of the molecule is CCSc1cccc(F)c1NC(=O)N1CCC(O)CC12CCC2. The lowest BCUT2D eigenvalue weighted by molar-refractivity contribution is -0.0368. The first-order valence-electron chi connectivity index (χ1n) is 8.24. The van der Waals surface area contributed by atoms with Crippen molar-refractivity contribution >= 4 is 23.5 Å². The van der Waals surface area contributed by atoms with Gasteiger partial charge in [-0.1, -0.05) is 13.0 Å². The molecule has 1 spiro atoms. The van der Waals surface area contributed by atoms with E-state index < -0.39 is 5.82 Å².